The average molecular weight is 412 g/mol. The third-order valence-electron chi connectivity index (χ3n) is 6.20. The number of nitrogens with one attached hydrogen (secondary N) is 1. The Morgan fingerprint density at radius 3 is 2.57 bits per heavy atom. The average Bonchev–Trinajstić information content (AvgIpc) is 3.37. The molecule has 0 amide bonds. The van der Waals surface area contributed by atoms with Gasteiger partial charge in [-0.25, -0.2) is 9.18 Å². The summed E-state index contributed by atoms with van der Waals surface area (Å²) in [5.74, 6) is 5.71. The molecule has 2 heterocycles. The van der Waals surface area contributed by atoms with E-state index in [1.54, 1.807) is 17.6 Å². The Morgan fingerprint density at radius 1 is 1.29 bits per heavy atom. The lowest BCUT2D eigenvalue weighted by atomic mass is 10.0. The number of aryl methyl sites for hydroxylation is 1. The van der Waals surface area contributed by atoms with E-state index in [1.165, 1.54) is 0 Å². The molecule has 2 atom stereocenters. The molecule has 0 unspecified atom stereocenters. The van der Waals surface area contributed by atoms with Crippen LogP contribution in [0, 0.1) is 18.7 Å². The van der Waals surface area contributed by atoms with Crippen molar-refractivity contribution in [3.63, 3.8) is 0 Å². The lowest BCUT2D eigenvalue weighted by Crippen LogP contribution is -2.44. The number of nitrogens with zero attached hydrogens (tertiary/aromatic N) is 3. The topological polar surface area (TPSA) is 85.3 Å². The summed E-state index contributed by atoms with van der Waals surface area (Å²) in [6.45, 7) is 5.21. The van der Waals surface area contributed by atoms with Gasteiger partial charge in [-0.05, 0) is 52.1 Å². The highest BCUT2D eigenvalue weighted by Crippen LogP contribution is 2.38. The van der Waals surface area contributed by atoms with Crippen LogP contribution in [0.5, 0.6) is 0 Å². The fourth-order valence-electron chi connectivity index (χ4n) is 4.21. The Labute approximate surface area is 168 Å². The molecule has 1 aliphatic heterocycles. The van der Waals surface area contributed by atoms with Gasteiger partial charge in [-0.2, -0.15) is 4.68 Å². The first-order valence-electron chi connectivity index (χ1n) is 9.52. The third kappa shape index (κ3) is 3.08. The number of hydrogen-bond donors (Lipinski definition) is 2. The van der Waals surface area contributed by atoms with Crippen LogP contribution in [0.3, 0.4) is 0 Å². The number of nitrogen functional groups attached to an aromatic ring is 1. The molecule has 2 aliphatic rings. The van der Waals surface area contributed by atoms with Gasteiger partial charge in [-0.3, -0.25) is 9.36 Å². The van der Waals surface area contributed by atoms with E-state index < -0.39 is 17.1 Å². The van der Waals surface area contributed by atoms with E-state index in [9.17, 15) is 9.59 Å². The predicted molar refractivity (Wildman–Crippen MR) is 112 cm³/mol. The van der Waals surface area contributed by atoms with Crippen LogP contribution >= 0.6 is 12.4 Å². The Morgan fingerprint density at radius 2 is 1.96 bits per heavy atom. The van der Waals surface area contributed by atoms with Crippen LogP contribution in [-0.4, -0.2) is 35.4 Å². The van der Waals surface area contributed by atoms with Crippen molar-refractivity contribution in [2.45, 2.75) is 45.2 Å². The van der Waals surface area contributed by atoms with Crippen molar-refractivity contribution in [1.29, 1.82) is 0 Å². The van der Waals surface area contributed by atoms with Crippen molar-refractivity contribution >= 4 is 29.0 Å². The number of nitrogens with two attached hydrogens (primary N) is 1. The highest BCUT2D eigenvalue weighted by atomic mass is 35.5. The van der Waals surface area contributed by atoms with Crippen molar-refractivity contribution in [2.24, 2.45) is 5.92 Å². The molecule has 0 spiro atoms. The lowest BCUT2D eigenvalue weighted by molar-refractivity contribution is 0.428. The van der Waals surface area contributed by atoms with E-state index in [2.05, 4.69) is 12.2 Å². The van der Waals surface area contributed by atoms with E-state index in [0.29, 0.717) is 27.8 Å². The maximum atomic E-state index is 15.2. The fraction of sp³-hybridized carbons (Fsp3) is 0.579. The van der Waals surface area contributed by atoms with Gasteiger partial charge in [0.05, 0.1) is 16.6 Å². The summed E-state index contributed by atoms with van der Waals surface area (Å²) in [5, 5.41) is 3.46. The molecule has 3 N–H and O–H groups in total. The molecule has 0 bridgehead atoms. The monoisotopic (exact) mass is 411 g/mol. The van der Waals surface area contributed by atoms with Crippen molar-refractivity contribution in [1.82, 2.24) is 14.6 Å². The predicted octanol–water partition coefficient (Wildman–Crippen LogP) is 1.52. The molecule has 1 saturated heterocycles. The van der Waals surface area contributed by atoms with Gasteiger partial charge in [0.2, 0.25) is 0 Å². The number of hydrogen-bond acceptors (Lipinski definition) is 5. The summed E-state index contributed by atoms with van der Waals surface area (Å²) in [6.07, 6.45) is 2.70. The minimum absolute atomic E-state index is 0. The van der Waals surface area contributed by atoms with E-state index in [4.69, 9.17) is 5.84 Å². The first-order chi connectivity index (χ1) is 12.8. The second-order valence-electron chi connectivity index (χ2n) is 7.86. The molecule has 1 aromatic carbocycles. The van der Waals surface area contributed by atoms with E-state index in [-0.39, 0.29) is 29.4 Å². The van der Waals surface area contributed by atoms with Crippen LogP contribution in [0.25, 0.3) is 10.9 Å². The van der Waals surface area contributed by atoms with E-state index in [0.717, 1.165) is 32.4 Å². The Kier molecular flexibility index (Phi) is 5.46. The van der Waals surface area contributed by atoms with Crippen molar-refractivity contribution < 1.29 is 4.39 Å². The van der Waals surface area contributed by atoms with Crippen LogP contribution in [0.15, 0.2) is 15.7 Å². The Bertz CT molecular complexity index is 1030. The number of benzene rings is 1. The summed E-state index contributed by atoms with van der Waals surface area (Å²) in [5.41, 5.74) is 0.0428. The molecular formula is C19H27ClFN5O2. The molecule has 154 valence electrons. The molecule has 4 rings (SSSR count). The quantitative estimate of drug-likeness (QED) is 0.745. The molecule has 2 fully saturated rings. The Balaban J connectivity index is 0.00000225. The van der Waals surface area contributed by atoms with Crippen LogP contribution in [0.4, 0.5) is 10.1 Å². The van der Waals surface area contributed by atoms with Gasteiger partial charge in [0.25, 0.3) is 5.56 Å². The third-order valence-corrected chi connectivity index (χ3v) is 6.20. The molecule has 1 saturated carbocycles. The maximum Gasteiger partial charge on any atom is 0.350 e. The SMILES string of the molecule is CN[C@@H](C)[C@@H]1CCN(c2cc3c(c(C)c2F)c(=O)n(N)c(=O)n3C2CC2)C1.Cl. The number of aromatic nitrogens is 2. The van der Waals surface area contributed by atoms with Gasteiger partial charge in [0, 0.05) is 30.7 Å². The molecular weight excluding hydrogens is 385 g/mol. The molecule has 1 aromatic heterocycles. The number of anilines is 1. The minimum atomic E-state index is -0.641. The molecule has 7 nitrogen and oxygen atoms in total. The maximum absolute atomic E-state index is 15.2. The Hall–Kier alpha value is -2.06. The summed E-state index contributed by atoms with van der Waals surface area (Å²) in [6, 6.07) is 2.04. The van der Waals surface area contributed by atoms with Gasteiger partial charge >= 0.3 is 5.69 Å². The standard InChI is InChI=1S/C19H26FN5O2.ClH/c1-10-16-14(24(13-4-5-13)19(27)25(21)18(16)26)8-15(17(10)20)23-7-6-12(9-23)11(2)22-3;/h8,11-13,22H,4-7,9,21H2,1-3H3;1H/t11-,12+;/m0./s1. The summed E-state index contributed by atoms with van der Waals surface area (Å²) in [7, 11) is 1.93. The zero-order valence-electron chi connectivity index (χ0n) is 16.4. The van der Waals surface area contributed by atoms with Gasteiger partial charge in [-0.15, -0.1) is 12.4 Å². The van der Waals surface area contributed by atoms with Crippen LogP contribution in [0.1, 0.15) is 37.8 Å². The molecule has 2 aromatic rings. The molecule has 9 heteroatoms. The highest BCUT2D eigenvalue weighted by molar-refractivity contribution is 5.86. The first-order valence-corrected chi connectivity index (χ1v) is 9.52. The van der Waals surface area contributed by atoms with Gasteiger partial charge in [-0.1, -0.05) is 0 Å². The van der Waals surface area contributed by atoms with Crippen LogP contribution in [-0.2, 0) is 0 Å². The first kappa shape index (κ1) is 20.7. The van der Waals surface area contributed by atoms with Crippen molar-refractivity contribution in [2.75, 3.05) is 30.9 Å². The lowest BCUT2D eigenvalue weighted by Gasteiger charge is -2.24. The molecule has 1 aliphatic carbocycles. The van der Waals surface area contributed by atoms with Gasteiger partial charge in [0.15, 0.2) is 0 Å². The molecule has 0 radical (unpaired) electrons. The second kappa shape index (κ2) is 7.40. The normalized spacial score (nSPS) is 20.4. The zero-order valence-corrected chi connectivity index (χ0v) is 17.2. The largest absolute Gasteiger partial charge is 0.369 e. The number of fused-ring (bicyclic) bond motifs is 1. The minimum Gasteiger partial charge on any atom is -0.369 e. The summed E-state index contributed by atoms with van der Waals surface area (Å²) in [4.78, 5) is 27.2. The van der Waals surface area contributed by atoms with Crippen molar-refractivity contribution in [3.05, 3.63) is 38.3 Å². The van der Waals surface area contributed by atoms with Gasteiger partial charge < -0.3 is 16.1 Å². The fourth-order valence-corrected chi connectivity index (χ4v) is 4.21. The van der Waals surface area contributed by atoms with Crippen molar-refractivity contribution in [3.8, 4) is 0 Å². The second-order valence-corrected chi connectivity index (χ2v) is 7.86. The van der Waals surface area contributed by atoms with Gasteiger partial charge in [0.1, 0.15) is 5.82 Å². The zero-order chi connectivity index (χ0) is 19.5. The van der Waals surface area contributed by atoms with E-state index in [1.807, 2.05) is 11.9 Å². The number of halogens is 2. The van der Waals surface area contributed by atoms with Crippen LogP contribution < -0.4 is 27.3 Å². The van der Waals surface area contributed by atoms with Crippen LogP contribution in [0.2, 0.25) is 0 Å². The summed E-state index contributed by atoms with van der Waals surface area (Å²) < 4.78 is 17.4. The van der Waals surface area contributed by atoms with E-state index >= 15 is 4.39 Å². The number of rotatable bonds is 4. The smallest absolute Gasteiger partial charge is 0.350 e. The summed E-state index contributed by atoms with van der Waals surface area (Å²) >= 11 is 0. The highest BCUT2D eigenvalue weighted by Gasteiger charge is 2.32. The molecule has 28 heavy (non-hydrogen) atoms.